The van der Waals surface area contributed by atoms with Crippen LogP contribution in [0, 0.1) is 5.82 Å². The molecule has 0 radical (unpaired) electrons. The smallest absolute Gasteiger partial charge is 0.149 e. The van der Waals surface area contributed by atoms with Crippen molar-refractivity contribution in [1.82, 2.24) is 4.98 Å². The fourth-order valence-corrected chi connectivity index (χ4v) is 1.47. The van der Waals surface area contributed by atoms with Gasteiger partial charge in [-0.15, -0.1) is 0 Å². The summed E-state index contributed by atoms with van der Waals surface area (Å²) in [6, 6.07) is 8.62. The first-order valence-electron chi connectivity index (χ1n) is 5.21. The number of benzene rings is 1. The number of anilines is 1. The van der Waals surface area contributed by atoms with Gasteiger partial charge in [0, 0.05) is 18.0 Å². The Hall–Kier alpha value is -1.68. The third-order valence-corrected chi connectivity index (χ3v) is 2.28. The molecule has 0 aliphatic rings. The van der Waals surface area contributed by atoms with Crippen LogP contribution < -0.4 is 11.1 Å². The van der Waals surface area contributed by atoms with E-state index in [0.29, 0.717) is 17.9 Å². The monoisotopic (exact) mass is 219 g/mol. The maximum absolute atomic E-state index is 13.5. The van der Waals surface area contributed by atoms with Crippen molar-refractivity contribution < 1.29 is 4.39 Å². The highest BCUT2D eigenvalue weighted by molar-refractivity contribution is 5.80. The molecule has 16 heavy (non-hydrogen) atoms. The number of fused-ring (bicyclic) bond motifs is 1. The van der Waals surface area contributed by atoms with Gasteiger partial charge >= 0.3 is 0 Å². The molecule has 84 valence electrons. The standard InChI is InChI=1S/C12H14FN3/c1-8(14)7-15-11-6-5-9-3-2-4-10(13)12(9)16-11/h2-6,8H,7,14H2,1H3,(H,15,16). The van der Waals surface area contributed by atoms with Gasteiger partial charge in [0.25, 0.3) is 0 Å². The van der Waals surface area contributed by atoms with E-state index >= 15 is 0 Å². The average molecular weight is 219 g/mol. The molecule has 3 nitrogen and oxygen atoms in total. The molecule has 1 aromatic heterocycles. The lowest BCUT2D eigenvalue weighted by molar-refractivity contribution is 0.637. The van der Waals surface area contributed by atoms with Gasteiger partial charge in [-0.3, -0.25) is 0 Å². The first kappa shape index (κ1) is 10.8. The Balaban J connectivity index is 2.32. The van der Waals surface area contributed by atoms with E-state index in [1.165, 1.54) is 6.07 Å². The summed E-state index contributed by atoms with van der Waals surface area (Å²) in [5.74, 6) is 0.344. The van der Waals surface area contributed by atoms with Crippen molar-refractivity contribution in [2.24, 2.45) is 5.73 Å². The maximum atomic E-state index is 13.5. The molecule has 1 unspecified atom stereocenters. The normalized spacial score (nSPS) is 12.7. The molecule has 0 saturated carbocycles. The number of pyridine rings is 1. The molecule has 0 aliphatic carbocycles. The summed E-state index contributed by atoms with van der Waals surface area (Å²) in [6.45, 7) is 2.52. The van der Waals surface area contributed by atoms with Crippen LogP contribution in [0.15, 0.2) is 30.3 Å². The molecule has 0 spiro atoms. The van der Waals surface area contributed by atoms with Crippen LogP contribution in [-0.2, 0) is 0 Å². The van der Waals surface area contributed by atoms with E-state index in [9.17, 15) is 4.39 Å². The predicted octanol–water partition coefficient (Wildman–Crippen LogP) is 2.13. The van der Waals surface area contributed by atoms with Crippen molar-refractivity contribution in [3.05, 3.63) is 36.1 Å². The van der Waals surface area contributed by atoms with Crippen molar-refractivity contribution in [2.75, 3.05) is 11.9 Å². The van der Waals surface area contributed by atoms with Crippen LogP contribution in [0.3, 0.4) is 0 Å². The molecule has 0 saturated heterocycles. The minimum Gasteiger partial charge on any atom is -0.369 e. The number of hydrogen-bond acceptors (Lipinski definition) is 3. The second-order valence-corrected chi connectivity index (χ2v) is 3.87. The zero-order valence-electron chi connectivity index (χ0n) is 9.07. The Morgan fingerprint density at radius 1 is 1.38 bits per heavy atom. The minimum absolute atomic E-state index is 0.0399. The molecule has 4 heteroatoms. The van der Waals surface area contributed by atoms with Crippen LogP contribution in [0.25, 0.3) is 10.9 Å². The van der Waals surface area contributed by atoms with Gasteiger partial charge in [0.15, 0.2) is 0 Å². The molecule has 2 rings (SSSR count). The molecule has 1 aromatic carbocycles. The SMILES string of the molecule is CC(N)CNc1ccc2cccc(F)c2n1. The maximum Gasteiger partial charge on any atom is 0.149 e. The first-order chi connectivity index (χ1) is 7.66. The summed E-state index contributed by atoms with van der Waals surface area (Å²) >= 11 is 0. The van der Waals surface area contributed by atoms with Crippen molar-refractivity contribution in [3.8, 4) is 0 Å². The van der Waals surface area contributed by atoms with Crippen LogP contribution >= 0.6 is 0 Å². The first-order valence-corrected chi connectivity index (χ1v) is 5.21. The van der Waals surface area contributed by atoms with Gasteiger partial charge in [0.05, 0.1) is 0 Å². The van der Waals surface area contributed by atoms with Crippen LogP contribution in [0.4, 0.5) is 10.2 Å². The van der Waals surface area contributed by atoms with Crippen LogP contribution in [0.1, 0.15) is 6.92 Å². The molecule has 0 aliphatic heterocycles. The Morgan fingerprint density at radius 3 is 2.94 bits per heavy atom. The number of nitrogens with two attached hydrogens (primary N) is 1. The fourth-order valence-electron chi connectivity index (χ4n) is 1.47. The predicted molar refractivity (Wildman–Crippen MR) is 63.8 cm³/mol. The molecule has 0 bridgehead atoms. The molecule has 2 aromatic rings. The quantitative estimate of drug-likeness (QED) is 0.831. The van der Waals surface area contributed by atoms with E-state index in [2.05, 4.69) is 10.3 Å². The van der Waals surface area contributed by atoms with E-state index in [1.807, 2.05) is 25.1 Å². The van der Waals surface area contributed by atoms with Crippen molar-refractivity contribution in [2.45, 2.75) is 13.0 Å². The summed E-state index contributed by atoms with van der Waals surface area (Å²) in [5, 5.41) is 3.86. The number of halogens is 1. The Bertz CT molecular complexity index is 497. The van der Waals surface area contributed by atoms with Crippen molar-refractivity contribution in [1.29, 1.82) is 0 Å². The molecule has 1 atom stereocenters. The van der Waals surface area contributed by atoms with Crippen molar-refractivity contribution in [3.63, 3.8) is 0 Å². The average Bonchev–Trinajstić information content (AvgIpc) is 2.27. The third kappa shape index (κ3) is 2.28. The lowest BCUT2D eigenvalue weighted by Gasteiger charge is -2.09. The third-order valence-electron chi connectivity index (χ3n) is 2.28. The van der Waals surface area contributed by atoms with Crippen molar-refractivity contribution >= 4 is 16.7 Å². The topological polar surface area (TPSA) is 50.9 Å². The number of nitrogens with zero attached hydrogens (tertiary/aromatic N) is 1. The highest BCUT2D eigenvalue weighted by atomic mass is 19.1. The second kappa shape index (κ2) is 4.45. The zero-order valence-corrected chi connectivity index (χ0v) is 9.07. The highest BCUT2D eigenvalue weighted by Gasteiger charge is 2.03. The Labute approximate surface area is 93.5 Å². The number of hydrogen-bond donors (Lipinski definition) is 2. The van der Waals surface area contributed by atoms with Crippen LogP contribution in [0.5, 0.6) is 0 Å². The van der Waals surface area contributed by atoms with E-state index < -0.39 is 0 Å². The Kier molecular flexibility index (Phi) is 3.01. The van der Waals surface area contributed by atoms with Gasteiger partial charge < -0.3 is 11.1 Å². The van der Waals surface area contributed by atoms with Crippen LogP contribution in [-0.4, -0.2) is 17.6 Å². The van der Waals surface area contributed by atoms with Crippen LogP contribution in [0.2, 0.25) is 0 Å². The minimum atomic E-state index is -0.304. The van der Waals surface area contributed by atoms with Gasteiger partial charge in [-0.2, -0.15) is 0 Å². The van der Waals surface area contributed by atoms with Gasteiger partial charge in [0.1, 0.15) is 17.2 Å². The van der Waals surface area contributed by atoms with E-state index in [0.717, 1.165) is 5.39 Å². The number of para-hydroxylation sites is 1. The molecule has 0 fully saturated rings. The summed E-state index contributed by atoms with van der Waals surface area (Å²) in [6.07, 6.45) is 0. The lowest BCUT2D eigenvalue weighted by Crippen LogP contribution is -2.25. The highest BCUT2D eigenvalue weighted by Crippen LogP contribution is 2.17. The molecular weight excluding hydrogens is 205 g/mol. The molecule has 0 amide bonds. The summed E-state index contributed by atoms with van der Waals surface area (Å²) in [5.41, 5.74) is 6.00. The molecular formula is C12H14FN3. The number of rotatable bonds is 3. The van der Waals surface area contributed by atoms with Gasteiger partial charge in [-0.25, -0.2) is 9.37 Å². The molecule has 1 heterocycles. The summed E-state index contributed by atoms with van der Waals surface area (Å²) < 4.78 is 13.5. The Morgan fingerprint density at radius 2 is 2.19 bits per heavy atom. The van der Waals surface area contributed by atoms with E-state index in [4.69, 9.17) is 5.73 Å². The van der Waals surface area contributed by atoms with Gasteiger partial charge in [0.2, 0.25) is 0 Å². The van der Waals surface area contributed by atoms with E-state index in [-0.39, 0.29) is 11.9 Å². The number of aromatic nitrogens is 1. The van der Waals surface area contributed by atoms with Gasteiger partial charge in [-0.05, 0) is 25.1 Å². The zero-order chi connectivity index (χ0) is 11.5. The molecule has 3 N–H and O–H groups in total. The summed E-state index contributed by atoms with van der Waals surface area (Å²) in [4.78, 5) is 4.21. The number of nitrogens with one attached hydrogen (secondary N) is 1. The largest absolute Gasteiger partial charge is 0.369 e. The second-order valence-electron chi connectivity index (χ2n) is 3.87. The fraction of sp³-hybridized carbons (Fsp3) is 0.250. The van der Waals surface area contributed by atoms with E-state index in [1.54, 1.807) is 6.07 Å². The lowest BCUT2D eigenvalue weighted by atomic mass is 10.2. The van der Waals surface area contributed by atoms with Gasteiger partial charge in [-0.1, -0.05) is 12.1 Å². The summed E-state index contributed by atoms with van der Waals surface area (Å²) in [7, 11) is 0.